The van der Waals surface area contributed by atoms with Crippen molar-refractivity contribution in [3.05, 3.63) is 23.5 Å². The first kappa shape index (κ1) is 13.1. The minimum absolute atomic E-state index is 0.324. The molecule has 0 unspecified atom stereocenters. The van der Waals surface area contributed by atoms with Gasteiger partial charge in [-0.05, 0) is 23.0 Å². The van der Waals surface area contributed by atoms with E-state index in [1.54, 1.807) is 6.07 Å². The molecule has 1 fully saturated rings. The lowest BCUT2D eigenvalue weighted by atomic mass is 10.0. The van der Waals surface area contributed by atoms with Gasteiger partial charge < -0.3 is 15.0 Å². The SMILES string of the molecule is COC(=O)c1ccc(CNC2C(C)(C)C2(C)C)[nH]1. The molecule has 0 amide bonds. The van der Waals surface area contributed by atoms with Crippen LogP contribution in [0.3, 0.4) is 0 Å². The highest BCUT2D eigenvalue weighted by Crippen LogP contribution is 2.62. The average molecular weight is 250 g/mol. The van der Waals surface area contributed by atoms with E-state index in [2.05, 4.69) is 42.7 Å². The van der Waals surface area contributed by atoms with Crippen LogP contribution in [0.4, 0.5) is 0 Å². The number of carbonyl (C=O) groups is 1. The molecule has 0 bridgehead atoms. The Balaban J connectivity index is 1.93. The fraction of sp³-hybridized carbons (Fsp3) is 0.643. The van der Waals surface area contributed by atoms with E-state index in [4.69, 9.17) is 0 Å². The number of aromatic amines is 1. The molecule has 1 saturated carbocycles. The van der Waals surface area contributed by atoms with Crippen LogP contribution in [-0.4, -0.2) is 24.1 Å². The van der Waals surface area contributed by atoms with Crippen molar-refractivity contribution >= 4 is 5.97 Å². The van der Waals surface area contributed by atoms with E-state index in [1.807, 2.05) is 6.07 Å². The summed E-state index contributed by atoms with van der Waals surface area (Å²) in [5.41, 5.74) is 2.16. The summed E-state index contributed by atoms with van der Waals surface area (Å²) in [6.45, 7) is 9.85. The number of hydrogen-bond donors (Lipinski definition) is 2. The van der Waals surface area contributed by atoms with Crippen LogP contribution in [0.25, 0.3) is 0 Å². The molecule has 2 N–H and O–H groups in total. The second-order valence-corrected chi connectivity index (χ2v) is 6.15. The first-order valence-electron chi connectivity index (χ1n) is 6.30. The van der Waals surface area contributed by atoms with Gasteiger partial charge in [-0.15, -0.1) is 0 Å². The number of methoxy groups -OCH3 is 1. The summed E-state index contributed by atoms with van der Waals surface area (Å²) in [5.74, 6) is -0.326. The number of nitrogens with one attached hydrogen (secondary N) is 2. The van der Waals surface area contributed by atoms with Crippen LogP contribution < -0.4 is 5.32 Å². The maximum absolute atomic E-state index is 11.3. The maximum Gasteiger partial charge on any atom is 0.354 e. The molecule has 1 heterocycles. The van der Waals surface area contributed by atoms with Crippen LogP contribution in [0.5, 0.6) is 0 Å². The number of esters is 1. The highest BCUT2D eigenvalue weighted by atomic mass is 16.5. The molecule has 1 aromatic heterocycles. The fourth-order valence-corrected chi connectivity index (χ4v) is 2.69. The Morgan fingerprint density at radius 2 is 1.94 bits per heavy atom. The van der Waals surface area contributed by atoms with Gasteiger partial charge in [0.15, 0.2) is 0 Å². The molecule has 1 aromatic rings. The van der Waals surface area contributed by atoms with Gasteiger partial charge in [0.25, 0.3) is 0 Å². The van der Waals surface area contributed by atoms with Gasteiger partial charge in [0.1, 0.15) is 5.69 Å². The molecule has 1 aliphatic rings. The van der Waals surface area contributed by atoms with Crippen LogP contribution in [0.2, 0.25) is 0 Å². The molecule has 4 heteroatoms. The first-order chi connectivity index (χ1) is 8.30. The van der Waals surface area contributed by atoms with E-state index in [-0.39, 0.29) is 5.97 Å². The summed E-state index contributed by atoms with van der Waals surface area (Å²) >= 11 is 0. The Labute approximate surface area is 108 Å². The Bertz CT molecular complexity index is 446. The van der Waals surface area contributed by atoms with Gasteiger partial charge in [-0.25, -0.2) is 4.79 Å². The monoisotopic (exact) mass is 250 g/mol. The Morgan fingerprint density at radius 1 is 1.33 bits per heavy atom. The van der Waals surface area contributed by atoms with Crippen molar-refractivity contribution in [1.29, 1.82) is 0 Å². The lowest BCUT2D eigenvalue weighted by Gasteiger charge is -2.04. The third-order valence-corrected chi connectivity index (χ3v) is 4.67. The number of H-pyrrole nitrogens is 1. The van der Waals surface area contributed by atoms with Gasteiger partial charge in [-0.1, -0.05) is 27.7 Å². The lowest BCUT2D eigenvalue weighted by Crippen LogP contribution is -2.21. The van der Waals surface area contributed by atoms with E-state index in [1.165, 1.54) is 7.11 Å². The summed E-state index contributed by atoms with van der Waals surface area (Å²) in [7, 11) is 1.39. The van der Waals surface area contributed by atoms with E-state index < -0.39 is 0 Å². The predicted molar refractivity (Wildman–Crippen MR) is 70.3 cm³/mol. The normalized spacial score (nSPS) is 20.7. The standard InChI is InChI=1S/C14H22N2O2/c1-13(2)12(14(13,3)4)15-8-9-6-7-10(16-9)11(17)18-5/h6-7,12,15-16H,8H2,1-5H3. The summed E-state index contributed by atoms with van der Waals surface area (Å²) in [4.78, 5) is 14.4. The quantitative estimate of drug-likeness (QED) is 0.806. The molecular formula is C14H22N2O2. The summed E-state index contributed by atoms with van der Waals surface area (Å²) in [5, 5.41) is 3.54. The summed E-state index contributed by atoms with van der Waals surface area (Å²) in [6, 6.07) is 4.18. The zero-order chi connectivity index (χ0) is 13.6. The number of hydrogen-bond acceptors (Lipinski definition) is 3. The average Bonchev–Trinajstić information content (AvgIpc) is 2.70. The van der Waals surface area contributed by atoms with Crippen molar-refractivity contribution in [3.63, 3.8) is 0 Å². The molecule has 0 aromatic carbocycles. The van der Waals surface area contributed by atoms with Gasteiger partial charge in [-0.3, -0.25) is 0 Å². The topological polar surface area (TPSA) is 54.1 Å². The van der Waals surface area contributed by atoms with E-state index >= 15 is 0 Å². The minimum Gasteiger partial charge on any atom is -0.464 e. The maximum atomic E-state index is 11.3. The zero-order valence-electron chi connectivity index (χ0n) is 11.8. The van der Waals surface area contributed by atoms with E-state index in [0.29, 0.717) is 22.6 Å². The van der Waals surface area contributed by atoms with Crippen molar-refractivity contribution in [2.45, 2.75) is 40.3 Å². The second kappa shape index (κ2) is 4.12. The third kappa shape index (κ3) is 1.94. The smallest absolute Gasteiger partial charge is 0.354 e. The predicted octanol–water partition coefficient (Wildman–Crippen LogP) is 2.33. The molecule has 2 rings (SSSR count). The molecule has 4 nitrogen and oxygen atoms in total. The number of carbonyl (C=O) groups excluding carboxylic acids is 1. The highest BCUT2D eigenvalue weighted by molar-refractivity contribution is 5.87. The fourth-order valence-electron chi connectivity index (χ4n) is 2.69. The zero-order valence-corrected chi connectivity index (χ0v) is 11.8. The molecule has 0 saturated heterocycles. The van der Waals surface area contributed by atoms with E-state index in [9.17, 15) is 4.79 Å². The molecule has 0 radical (unpaired) electrons. The van der Waals surface area contributed by atoms with Crippen molar-refractivity contribution in [2.75, 3.05) is 7.11 Å². The Hall–Kier alpha value is -1.29. The molecule has 1 aliphatic carbocycles. The molecule has 0 aliphatic heterocycles. The van der Waals surface area contributed by atoms with Crippen LogP contribution in [0.1, 0.15) is 43.9 Å². The molecule has 18 heavy (non-hydrogen) atoms. The van der Waals surface area contributed by atoms with Gasteiger partial charge in [0, 0.05) is 18.3 Å². The Morgan fingerprint density at radius 3 is 2.44 bits per heavy atom. The van der Waals surface area contributed by atoms with Crippen LogP contribution in [-0.2, 0) is 11.3 Å². The summed E-state index contributed by atoms with van der Waals surface area (Å²) in [6.07, 6.45) is 0. The molecule has 0 spiro atoms. The number of ether oxygens (including phenoxy) is 1. The van der Waals surface area contributed by atoms with E-state index in [0.717, 1.165) is 12.2 Å². The van der Waals surface area contributed by atoms with Gasteiger partial charge >= 0.3 is 5.97 Å². The Kier molecular flexibility index (Phi) is 3.01. The molecule has 0 atom stereocenters. The van der Waals surface area contributed by atoms with Crippen LogP contribution >= 0.6 is 0 Å². The third-order valence-electron chi connectivity index (χ3n) is 4.67. The molecule has 100 valence electrons. The van der Waals surface area contributed by atoms with Crippen LogP contribution in [0, 0.1) is 10.8 Å². The van der Waals surface area contributed by atoms with Gasteiger partial charge in [0.2, 0.25) is 0 Å². The minimum atomic E-state index is -0.326. The number of rotatable bonds is 4. The van der Waals surface area contributed by atoms with Crippen molar-refractivity contribution in [3.8, 4) is 0 Å². The first-order valence-corrected chi connectivity index (χ1v) is 6.30. The van der Waals surface area contributed by atoms with Gasteiger partial charge in [-0.2, -0.15) is 0 Å². The van der Waals surface area contributed by atoms with Crippen molar-refractivity contribution < 1.29 is 9.53 Å². The number of aromatic nitrogens is 1. The lowest BCUT2D eigenvalue weighted by molar-refractivity contribution is 0.0594. The van der Waals surface area contributed by atoms with Crippen molar-refractivity contribution in [1.82, 2.24) is 10.3 Å². The largest absolute Gasteiger partial charge is 0.464 e. The molecular weight excluding hydrogens is 228 g/mol. The second-order valence-electron chi connectivity index (χ2n) is 6.15. The van der Waals surface area contributed by atoms with Crippen molar-refractivity contribution in [2.24, 2.45) is 10.8 Å². The van der Waals surface area contributed by atoms with Crippen LogP contribution in [0.15, 0.2) is 12.1 Å². The van der Waals surface area contributed by atoms with Gasteiger partial charge in [0.05, 0.1) is 7.11 Å². The summed E-state index contributed by atoms with van der Waals surface area (Å²) < 4.78 is 4.66. The highest BCUT2D eigenvalue weighted by Gasteiger charge is 2.64.